The number of aromatic nitrogens is 1. The smallest absolute Gasteiger partial charge is 0.354 e. The Morgan fingerprint density at radius 1 is 1.50 bits per heavy atom. The van der Waals surface area contributed by atoms with Gasteiger partial charge in [0.1, 0.15) is 6.61 Å². The van der Waals surface area contributed by atoms with E-state index in [2.05, 4.69) is 4.98 Å². The number of nitrogens with zero attached hydrogens (tertiary/aromatic N) is 1. The highest BCUT2D eigenvalue weighted by Crippen LogP contribution is 2.07. The number of methoxy groups -OCH3 is 1. The van der Waals surface area contributed by atoms with Gasteiger partial charge in [0.2, 0.25) is 5.88 Å². The molecule has 0 atom stereocenters. The third-order valence-corrected chi connectivity index (χ3v) is 1.48. The topological polar surface area (TPSA) is 68.7 Å². The van der Waals surface area contributed by atoms with Crippen LogP contribution in [0, 0.1) is 0 Å². The molecule has 1 aromatic heterocycles. The van der Waals surface area contributed by atoms with Crippen LogP contribution >= 0.6 is 0 Å². The van der Waals surface area contributed by atoms with Crippen molar-refractivity contribution in [2.75, 3.05) is 20.3 Å². The molecule has 0 saturated heterocycles. The molecule has 1 heterocycles. The zero-order chi connectivity index (χ0) is 10.4. The van der Waals surface area contributed by atoms with Crippen LogP contribution in [0.5, 0.6) is 5.88 Å². The van der Waals surface area contributed by atoms with Crippen molar-refractivity contribution in [1.82, 2.24) is 4.98 Å². The highest BCUT2D eigenvalue weighted by atomic mass is 16.5. The predicted octanol–water partition coefficient (Wildman–Crippen LogP) is 0.805. The second-order valence-corrected chi connectivity index (χ2v) is 2.51. The number of carbonyl (C=O) groups is 1. The largest absolute Gasteiger partial charge is 0.477 e. The van der Waals surface area contributed by atoms with Gasteiger partial charge in [-0.1, -0.05) is 6.07 Å². The summed E-state index contributed by atoms with van der Waals surface area (Å²) in [5, 5.41) is 8.64. The van der Waals surface area contributed by atoms with Gasteiger partial charge in [-0.15, -0.1) is 0 Å². The van der Waals surface area contributed by atoms with Crippen molar-refractivity contribution in [3.8, 4) is 5.88 Å². The van der Waals surface area contributed by atoms with Gasteiger partial charge in [0.25, 0.3) is 0 Å². The molecule has 0 fully saturated rings. The van der Waals surface area contributed by atoms with Gasteiger partial charge in [0, 0.05) is 13.2 Å². The number of pyridine rings is 1. The summed E-state index contributed by atoms with van der Waals surface area (Å²) in [6.07, 6.45) is 0. The Hall–Kier alpha value is -1.62. The number of carboxylic acids is 1. The summed E-state index contributed by atoms with van der Waals surface area (Å²) in [6, 6.07) is 4.59. The van der Waals surface area contributed by atoms with Crippen LogP contribution in [0.1, 0.15) is 10.5 Å². The summed E-state index contributed by atoms with van der Waals surface area (Å²) < 4.78 is 9.91. The SMILES string of the molecule is COCCOc1cccc(C(=O)O)n1. The van der Waals surface area contributed by atoms with E-state index in [1.54, 1.807) is 19.2 Å². The minimum atomic E-state index is -1.07. The van der Waals surface area contributed by atoms with E-state index in [-0.39, 0.29) is 5.69 Å². The molecule has 76 valence electrons. The number of carboxylic acid groups (broad SMARTS) is 1. The summed E-state index contributed by atoms with van der Waals surface area (Å²) in [4.78, 5) is 14.3. The number of ether oxygens (including phenoxy) is 2. The lowest BCUT2D eigenvalue weighted by atomic mass is 10.3. The molecule has 5 nitrogen and oxygen atoms in total. The van der Waals surface area contributed by atoms with E-state index in [4.69, 9.17) is 14.6 Å². The number of hydrogen-bond donors (Lipinski definition) is 1. The molecule has 0 aliphatic carbocycles. The van der Waals surface area contributed by atoms with Gasteiger partial charge in [0.05, 0.1) is 6.61 Å². The minimum absolute atomic E-state index is 0.0279. The Morgan fingerprint density at radius 2 is 2.29 bits per heavy atom. The average Bonchev–Trinajstić information content (AvgIpc) is 2.19. The molecule has 5 heteroatoms. The third-order valence-electron chi connectivity index (χ3n) is 1.48. The quantitative estimate of drug-likeness (QED) is 0.707. The summed E-state index contributed by atoms with van der Waals surface area (Å²) in [7, 11) is 1.56. The first-order chi connectivity index (χ1) is 6.74. The van der Waals surface area contributed by atoms with Crippen LogP contribution in [-0.2, 0) is 4.74 Å². The first kappa shape index (κ1) is 10.5. The number of rotatable bonds is 5. The first-order valence-electron chi connectivity index (χ1n) is 4.06. The summed E-state index contributed by atoms with van der Waals surface area (Å²) >= 11 is 0. The molecule has 1 aromatic rings. The molecular formula is C9H11NO4. The lowest BCUT2D eigenvalue weighted by Gasteiger charge is -2.04. The van der Waals surface area contributed by atoms with Gasteiger partial charge in [0.15, 0.2) is 5.69 Å². The maximum absolute atomic E-state index is 10.5. The minimum Gasteiger partial charge on any atom is -0.477 e. The second-order valence-electron chi connectivity index (χ2n) is 2.51. The van der Waals surface area contributed by atoms with Crippen molar-refractivity contribution in [2.24, 2.45) is 0 Å². The molecule has 0 aliphatic heterocycles. The highest BCUT2D eigenvalue weighted by Gasteiger charge is 2.04. The maximum Gasteiger partial charge on any atom is 0.354 e. The van der Waals surface area contributed by atoms with Crippen LogP contribution in [0.3, 0.4) is 0 Å². The zero-order valence-electron chi connectivity index (χ0n) is 7.77. The molecule has 14 heavy (non-hydrogen) atoms. The standard InChI is InChI=1S/C9H11NO4/c1-13-5-6-14-8-4-2-3-7(10-8)9(11)12/h2-4H,5-6H2,1H3,(H,11,12). The number of aromatic carboxylic acids is 1. The summed E-state index contributed by atoms with van der Waals surface area (Å²) in [5.41, 5.74) is -0.0279. The Labute approximate surface area is 81.3 Å². The lowest BCUT2D eigenvalue weighted by molar-refractivity contribution is 0.0688. The Kier molecular flexibility index (Phi) is 3.87. The Balaban J connectivity index is 2.59. The zero-order valence-corrected chi connectivity index (χ0v) is 7.77. The molecule has 0 saturated carbocycles. The fraction of sp³-hybridized carbons (Fsp3) is 0.333. The van der Waals surface area contributed by atoms with Gasteiger partial charge in [-0.2, -0.15) is 0 Å². The Morgan fingerprint density at radius 3 is 2.93 bits per heavy atom. The molecule has 1 rings (SSSR count). The molecule has 0 spiro atoms. The van der Waals surface area contributed by atoms with Crippen LogP contribution in [-0.4, -0.2) is 36.4 Å². The molecule has 1 N–H and O–H groups in total. The van der Waals surface area contributed by atoms with Crippen molar-refractivity contribution in [3.63, 3.8) is 0 Å². The van der Waals surface area contributed by atoms with E-state index in [1.165, 1.54) is 6.07 Å². The van der Waals surface area contributed by atoms with Gasteiger partial charge >= 0.3 is 5.97 Å². The van der Waals surface area contributed by atoms with Crippen LogP contribution in [0.25, 0.3) is 0 Å². The van der Waals surface area contributed by atoms with E-state index in [0.29, 0.717) is 19.1 Å². The molecule has 0 radical (unpaired) electrons. The van der Waals surface area contributed by atoms with E-state index in [1.807, 2.05) is 0 Å². The third kappa shape index (κ3) is 3.02. The van der Waals surface area contributed by atoms with Crippen LogP contribution < -0.4 is 4.74 Å². The lowest BCUT2D eigenvalue weighted by Crippen LogP contribution is -2.07. The number of hydrogen-bond acceptors (Lipinski definition) is 4. The molecule has 0 amide bonds. The summed E-state index contributed by atoms with van der Waals surface area (Å²) in [6.45, 7) is 0.797. The van der Waals surface area contributed by atoms with Gasteiger partial charge in [-0.05, 0) is 6.07 Å². The highest BCUT2D eigenvalue weighted by molar-refractivity contribution is 5.85. The van der Waals surface area contributed by atoms with E-state index in [9.17, 15) is 4.79 Å². The van der Waals surface area contributed by atoms with E-state index < -0.39 is 5.97 Å². The molecule has 0 unspecified atom stereocenters. The van der Waals surface area contributed by atoms with Gasteiger partial charge < -0.3 is 14.6 Å². The Bertz CT molecular complexity index is 313. The van der Waals surface area contributed by atoms with Crippen molar-refractivity contribution >= 4 is 5.97 Å². The second kappa shape index (κ2) is 5.18. The monoisotopic (exact) mass is 197 g/mol. The molecular weight excluding hydrogens is 186 g/mol. The van der Waals surface area contributed by atoms with Crippen molar-refractivity contribution in [2.45, 2.75) is 0 Å². The van der Waals surface area contributed by atoms with E-state index in [0.717, 1.165) is 0 Å². The van der Waals surface area contributed by atoms with Gasteiger partial charge in [-0.25, -0.2) is 9.78 Å². The maximum atomic E-state index is 10.5. The van der Waals surface area contributed by atoms with Crippen molar-refractivity contribution in [3.05, 3.63) is 23.9 Å². The van der Waals surface area contributed by atoms with Gasteiger partial charge in [-0.3, -0.25) is 0 Å². The fourth-order valence-electron chi connectivity index (χ4n) is 0.844. The van der Waals surface area contributed by atoms with Crippen LogP contribution in [0.4, 0.5) is 0 Å². The first-order valence-corrected chi connectivity index (χ1v) is 4.06. The van der Waals surface area contributed by atoms with E-state index >= 15 is 0 Å². The van der Waals surface area contributed by atoms with Crippen molar-refractivity contribution in [1.29, 1.82) is 0 Å². The average molecular weight is 197 g/mol. The molecule has 0 aliphatic rings. The van der Waals surface area contributed by atoms with Crippen LogP contribution in [0.2, 0.25) is 0 Å². The molecule has 0 bridgehead atoms. The summed E-state index contributed by atoms with van der Waals surface area (Å²) in [5.74, 6) is -0.774. The van der Waals surface area contributed by atoms with Crippen molar-refractivity contribution < 1.29 is 19.4 Å². The normalized spacial score (nSPS) is 9.79. The van der Waals surface area contributed by atoms with Crippen LogP contribution in [0.15, 0.2) is 18.2 Å². The predicted molar refractivity (Wildman–Crippen MR) is 48.6 cm³/mol. The fourth-order valence-corrected chi connectivity index (χ4v) is 0.844. The molecule has 0 aromatic carbocycles.